The van der Waals surface area contributed by atoms with Crippen molar-refractivity contribution in [3.63, 3.8) is 0 Å². The van der Waals surface area contributed by atoms with Gasteiger partial charge in [-0.25, -0.2) is 0 Å². The van der Waals surface area contributed by atoms with Crippen LogP contribution in [0, 0.1) is 13.8 Å². The molecule has 2 aromatic rings. The van der Waals surface area contributed by atoms with E-state index < -0.39 is 0 Å². The van der Waals surface area contributed by atoms with Crippen LogP contribution < -0.4 is 5.32 Å². The quantitative estimate of drug-likeness (QED) is 0.650. The van der Waals surface area contributed by atoms with Gasteiger partial charge in [-0.15, -0.1) is 11.8 Å². The van der Waals surface area contributed by atoms with E-state index in [1.54, 1.807) is 11.8 Å². The van der Waals surface area contributed by atoms with E-state index in [1.165, 1.54) is 16.0 Å². The van der Waals surface area contributed by atoms with Crippen LogP contribution in [0.5, 0.6) is 0 Å². The first-order chi connectivity index (χ1) is 10.1. The van der Waals surface area contributed by atoms with E-state index in [1.807, 2.05) is 31.2 Å². The standard InChI is InChI=1S/C18H21NOS/c1-14-7-9-17(10-8-14)21-12-11-19-18(20)13-16-6-4-3-5-15(16)2/h3-10H,11-13H2,1-2H3,(H,19,20). The summed E-state index contributed by atoms with van der Waals surface area (Å²) in [6, 6.07) is 16.5. The highest BCUT2D eigenvalue weighted by atomic mass is 32.2. The Kier molecular flexibility index (Phi) is 5.88. The normalized spacial score (nSPS) is 10.4. The number of carbonyl (C=O) groups is 1. The lowest BCUT2D eigenvalue weighted by molar-refractivity contribution is -0.120. The van der Waals surface area contributed by atoms with Gasteiger partial charge in [-0.1, -0.05) is 42.0 Å². The third-order valence-electron chi connectivity index (χ3n) is 3.33. The molecule has 0 heterocycles. The minimum atomic E-state index is 0.0915. The van der Waals surface area contributed by atoms with Gasteiger partial charge in [0.2, 0.25) is 5.91 Å². The van der Waals surface area contributed by atoms with Gasteiger partial charge in [0.15, 0.2) is 0 Å². The zero-order chi connectivity index (χ0) is 15.1. The fourth-order valence-corrected chi connectivity index (χ4v) is 2.81. The molecule has 0 fully saturated rings. The van der Waals surface area contributed by atoms with Crippen molar-refractivity contribution in [2.45, 2.75) is 25.2 Å². The third-order valence-corrected chi connectivity index (χ3v) is 4.34. The van der Waals surface area contributed by atoms with Crippen LogP contribution in [0.2, 0.25) is 0 Å². The zero-order valence-corrected chi connectivity index (χ0v) is 13.4. The van der Waals surface area contributed by atoms with Crippen LogP contribution in [0.15, 0.2) is 53.4 Å². The summed E-state index contributed by atoms with van der Waals surface area (Å²) in [5, 5.41) is 2.98. The summed E-state index contributed by atoms with van der Waals surface area (Å²) in [7, 11) is 0. The van der Waals surface area contributed by atoms with Gasteiger partial charge in [0.1, 0.15) is 0 Å². The maximum absolute atomic E-state index is 11.9. The molecule has 0 aliphatic heterocycles. The lowest BCUT2D eigenvalue weighted by Crippen LogP contribution is -2.27. The van der Waals surface area contributed by atoms with E-state index in [2.05, 4.69) is 36.5 Å². The molecule has 0 aliphatic rings. The number of amides is 1. The molecular formula is C18H21NOS. The highest BCUT2D eigenvalue weighted by Gasteiger charge is 2.04. The van der Waals surface area contributed by atoms with E-state index in [4.69, 9.17) is 0 Å². The molecule has 1 amide bonds. The Balaban J connectivity index is 1.70. The number of benzene rings is 2. The van der Waals surface area contributed by atoms with Crippen molar-refractivity contribution in [3.05, 3.63) is 65.2 Å². The summed E-state index contributed by atoms with van der Waals surface area (Å²) in [4.78, 5) is 13.1. The molecule has 0 aromatic heterocycles. The average molecular weight is 299 g/mol. The molecule has 0 bridgehead atoms. The number of aryl methyl sites for hydroxylation is 2. The van der Waals surface area contributed by atoms with Crippen LogP contribution in [-0.4, -0.2) is 18.2 Å². The van der Waals surface area contributed by atoms with Crippen LogP contribution in [-0.2, 0) is 11.2 Å². The molecule has 0 atom stereocenters. The Bertz CT molecular complexity index is 592. The van der Waals surface area contributed by atoms with Gasteiger partial charge in [0, 0.05) is 17.2 Å². The average Bonchev–Trinajstić information content (AvgIpc) is 2.48. The highest BCUT2D eigenvalue weighted by molar-refractivity contribution is 7.99. The summed E-state index contributed by atoms with van der Waals surface area (Å²) in [6.45, 7) is 4.82. The molecule has 2 aromatic carbocycles. The Morgan fingerprint density at radius 1 is 1.05 bits per heavy atom. The number of hydrogen-bond donors (Lipinski definition) is 1. The fraction of sp³-hybridized carbons (Fsp3) is 0.278. The van der Waals surface area contributed by atoms with Crippen molar-refractivity contribution in [2.75, 3.05) is 12.3 Å². The van der Waals surface area contributed by atoms with Crippen molar-refractivity contribution < 1.29 is 4.79 Å². The minimum absolute atomic E-state index is 0.0915. The largest absolute Gasteiger partial charge is 0.355 e. The maximum atomic E-state index is 11.9. The molecule has 0 saturated carbocycles. The lowest BCUT2D eigenvalue weighted by Gasteiger charge is -2.07. The highest BCUT2D eigenvalue weighted by Crippen LogP contribution is 2.17. The van der Waals surface area contributed by atoms with Gasteiger partial charge in [-0.2, -0.15) is 0 Å². The number of nitrogens with one attached hydrogen (secondary N) is 1. The first-order valence-electron chi connectivity index (χ1n) is 7.16. The van der Waals surface area contributed by atoms with Gasteiger partial charge in [0.25, 0.3) is 0 Å². The molecule has 0 unspecified atom stereocenters. The van der Waals surface area contributed by atoms with Crippen LogP contribution in [0.3, 0.4) is 0 Å². The molecule has 21 heavy (non-hydrogen) atoms. The van der Waals surface area contributed by atoms with Crippen LogP contribution in [0.4, 0.5) is 0 Å². The Morgan fingerprint density at radius 2 is 1.76 bits per heavy atom. The van der Waals surface area contributed by atoms with Crippen LogP contribution in [0.25, 0.3) is 0 Å². The molecule has 2 nitrogen and oxygen atoms in total. The monoisotopic (exact) mass is 299 g/mol. The molecule has 0 aliphatic carbocycles. The predicted octanol–water partition coefficient (Wildman–Crippen LogP) is 3.75. The van der Waals surface area contributed by atoms with Crippen molar-refractivity contribution >= 4 is 17.7 Å². The van der Waals surface area contributed by atoms with Gasteiger partial charge < -0.3 is 5.32 Å². The molecule has 3 heteroatoms. The predicted molar refractivity (Wildman–Crippen MR) is 89.8 cm³/mol. The van der Waals surface area contributed by atoms with Crippen molar-refractivity contribution in [3.8, 4) is 0 Å². The summed E-state index contributed by atoms with van der Waals surface area (Å²) in [5.41, 5.74) is 3.54. The van der Waals surface area contributed by atoms with Crippen LogP contribution in [0.1, 0.15) is 16.7 Å². The smallest absolute Gasteiger partial charge is 0.224 e. The summed E-state index contributed by atoms with van der Waals surface area (Å²) >= 11 is 1.77. The van der Waals surface area contributed by atoms with E-state index in [0.29, 0.717) is 13.0 Å². The topological polar surface area (TPSA) is 29.1 Å². The van der Waals surface area contributed by atoms with E-state index >= 15 is 0 Å². The molecule has 0 spiro atoms. The molecular weight excluding hydrogens is 278 g/mol. The molecule has 0 saturated heterocycles. The second kappa shape index (κ2) is 7.89. The molecule has 1 N–H and O–H groups in total. The van der Waals surface area contributed by atoms with E-state index in [9.17, 15) is 4.79 Å². The number of rotatable bonds is 6. The fourth-order valence-electron chi connectivity index (χ4n) is 2.04. The van der Waals surface area contributed by atoms with Gasteiger partial charge in [-0.05, 0) is 37.1 Å². The molecule has 0 radical (unpaired) electrons. The number of thioether (sulfide) groups is 1. The SMILES string of the molecule is Cc1ccc(SCCNC(=O)Cc2ccccc2C)cc1. The van der Waals surface area contributed by atoms with Crippen molar-refractivity contribution in [1.29, 1.82) is 0 Å². The van der Waals surface area contributed by atoms with Gasteiger partial charge in [0.05, 0.1) is 6.42 Å². The Morgan fingerprint density at radius 3 is 2.48 bits per heavy atom. The summed E-state index contributed by atoms with van der Waals surface area (Å²) < 4.78 is 0. The van der Waals surface area contributed by atoms with Crippen molar-refractivity contribution in [2.24, 2.45) is 0 Å². The van der Waals surface area contributed by atoms with Gasteiger partial charge in [-0.3, -0.25) is 4.79 Å². The summed E-state index contributed by atoms with van der Waals surface area (Å²) in [6.07, 6.45) is 0.460. The second-order valence-electron chi connectivity index (χ2n) is 5.11. The Hall–Kier alpha value is -1.74. The number of hydrogen-bond acceptors (Lipinski definition) is 2. The first-order valence-corrected chi connectivity index (χ1v) is 8.14. The third kappa shape index (κ3) is 5.27. The lowest BCUT2D eigenvalue weighted by atomic mass is 10.1. The summed E-state index contributed by atoms with van der Waals surface area (Å²) in [5.74, 6) is 0.983. The van der Waals surface area contributed by atoms with E-state index in [-0.39, 0.29) is 5.91 Å². The number of carbonyl (C=O) groups excluding carboxylic acids is 1. The molecule has 2 rings (SSSR count). The first kappa shape index (κ1) is 15.6. The zero-order valence-electron chi connectivity index (χ0n) is 12.6. The van der Waals surface area contributed by atoms with Gasteiger partial charge >= 0.3 is 0 Å². The van der Waals surface area contributed by atoms with Crippen LogP contribution >= 0.6 is 11.8 Å². The molecule has 110 valence electrons. The maximum Gasteiger partial charge on any atom is 0.224 e. The Labute approximate surface area is 131 Å². The second-order valence-corrected chi connectivity index (χ2v) is 6.28. The van der Waals surface area contributed by atoms with E-state index in [0.717, 1.165) is 11.3 Å². The minimum Gasteiger partial charge on any atom is -0.355 e. The van der Waals surface area contributed by atoms with Crippen molar-refractivity contribution in [1.82, 2.24) is 5.32 Å².